The van der Waals surface area contributed by atoms with Gasteiger partial charge in [-0.3, -0.25) is 14.4 Å². The van der Waals surface area contributed by atoms with Crippen molar-refractivity contribution in [2.24, 2.45) is 40.2 Å². The van der Waals surface area contributed by atoms with Crippen molar-refractivity contribution in [3.8, 4) is 0 Å². The van der Waals surface area contributed by atoms with Crippen LogP contribution in [-0.4, -0.2) is 96.6 Å². The van der Waals surface area contributed by atoms with Crippen LogP contribution in [0, 0.1) is 34.5 Å². The van der Waals surface area contributed by atoms with Crippen LogP contribution in [0.4, 0.5) is 0 Å². The van der Waals surface area contributed by atoms with Crippen LogP contribution in [0.2, 0.25) is 0 Å². The van der Waals surface area contributed by atoms with Gasteiger partial charge in [0, 0.05) is 29.4 Å². The summed E-state index contributed by atoms with van der Waals surface area (Å²) >= 11 is 0. The smallest absolute Gasteiger partial charge is 0.341 e. The molecule has 2 saturated carbocycles. The number of esters is 3. The molecule has 4 fully saturated rings. The van der Waals surface area contributed by atoms with E-state index in [9.17, 15) is 34.2 Å². The van der Waals surface area contributed by atoms with Gasteiger partial charge in [0.25, 0.3) is 0 Å². The zero-order valence-corrected chi connectivity index (χ0v) is 27.4. The van der Waals surface area contributed by atoms with Crippen molar-refractivity contribution in [2.75, 3.05) is 20.3 Å². The van der Waals surface area contributed by atoms with E-state index in [2.05, 4.69) is 0 Å². The van der Waals surface area contributed by atoms with Crippen molar-refractivity contribution >= 4 is 30.0 Å². The molecule has 11 atom stereocenters. The molecule has 1 spiro atoms. The Labute approximate surface area is 267 Å². The second-order valence-electron chi connectivity index (χ2n) is 14.4. The van der Waals surface area contributed by atoms with Crippen molar-refractivity contribution in [2.45, 2.75) is 96.9 Å². The molecule has 2 saturated heterocycles. The Bertz CT molecular complexity index is 1400. The number of methoxy groups -OCH3 is 1. The monoisotopic (exact) mass is 647 g/mol. The summed E-state index contributed by atoms with van der Waals surface area (Å²) in [5, 5.41) is 23.7. The summed E-state index contributed by atoms with van der Waals surface area (Å²) in [7, 11) is 1.11. The number of carbonyl (C=O) groups is 5. The molecule has 5 aliphatic rings. The molecule has 4 N–H and O–H groups in total. The molecule has 3 aliphatic carbocycles. The number of Topliss-reactive ketones (excluding diaryl/α,β-unsaturated/α-hetero) is 1. The predicted molar refractivity (Wildman–Crippen MR) is 158 cm³/mol. The molecule has 46 heavy (non-hydrogen) atoms. The van der Waals surface area contributed by atoms with E-state index in [-0.39, 0.29) is 49.7 Å². The van der Waals surface area contributed by atoms with Gasteiger partial charge in [-0.2, -0.15) is 0 Å². The first kappa shape index (κ1) is 34.4. The van der Waals surface area contributed by atoms with Crippen molar-refractivity contribution < 1.29 is 57.9 Å². The van der Waals surface area contributed by atoms with Crippen LogP contribution in [0.3, 0.4) is 0 Å². The molecule has 1 unspecified atom stereocenters. The number of nitrogens with two attached hydrogens (primary N) is 1. The highest BCUT2D eigenvalue weighted by atomic mass is 16.6. The molecule has 5 rings (SSSR count). The molecule has 0 amide bonds. The maximum absolute atomic E-state index is 13.8. The molecular formula is C33H45NO12. The second kappa shape index (κ2) is 11.9. The van der Waals surface area contributed by atoms with Crippen LogP contribution in [0.1, 0.15) is 60.8 Å². The van der Waals surface area contributed by atoms with Gasteiger partial charge in [-0.15, -0.1) is 0 Å². The summed E-state index contributed by atoms with van der Waals surface area (Å²) in [6, 6.07) is -0.462. The molecule has 13 heteroatoms. The maximum Gasteiger partial charge on any atom is 0.341 e. The lowest BCUT2D eigenvalue weighted by molar-refractivity contribution is -0.292. The number of carbonyl (C=O) groups excluding carboxylic acids is 5. The highest BCUT2D eigenvalue weighted by molar-refractivity contribution is 5.98. The summed E-state index contributed by atoms with van der Waals surface area (Å²) in [6.45, 7) is 10.2. The largest absolute Gasteiger partial charge is 0.467 e. The third-order valence-corrected chi connectivity index (χ3v) is 11.5. The summed E-state index contributed by atoms with van der Waals surface area (Å²) in [4.78, 5) is 65.6. The number of hydrogen-bond donors (Lipinski definition) is 3. The molecule has 2 heterocycles. The number of aliphatic hydroxyl groups is 2. The van der Waals surface area contributed by atoms with Gasteiger partial charge in [0.2, 0.25) is 0 Å². The molecule has 0 aromatic heterocycles. The summed E-state index contributed by atoms with van der Waals surface area (Å²) in [6.07, 6.45) is -5.38. The topological polar surface area (TPSA) is 198 Å². The fourth-order valence-corrected chi connectivity index (χ4v) is 9.09. The van der Waals surface area contributed by atoms with E-state index in [1.165, 1.54) is 0 Å². The zero-order chi connectivity index (χ0) is 34.1. The number of ketones is 1. The molecule has 254 valence electrons. The van der Waals surface area contributed by atoms with Crippen LogP contribution in [0.25, 0.3) is 0 Å². The van der Waals surface area contributed by atoms with Gasteiger partial charge in [-0.05, 0) is 50.0 Å². The third-order valence-electron chi connectivity index (χ3n) is 11.5. The molecular weight excluding hydrogens is 602 g/mol. The van der Waals surface area contributed by atoms with Gasteiger partial charge in [0.15, 0.2) is 23.2 Å². The Hall–Kier alpha value is -2.97. The molecule has 0 aromatic rings. The number of aliphatic hydroxyl groups excluding tert-OH is 2. The van der Waals surface area contributed by atoms with Gasteiger partial charge >= 0.3 is 17.9 Å². The highest BCUT2D eigenvalue weighted by Gasteiger charge is 2.84. The Morgan fingerprint density at radius 1 is 1.17 bits per heavy atom. The molecule has 13 nitrogen and oxygen atoms in total. The lowest BCUT2D eigenvalue weighted by Crippen LogP contribution is -2.79. The molecule has 2 aliphatic heterocycles. The minimum absolute atomic E-state index is 0.0150. The number of rotatable bonds is 9. The SMILES string of the molecule is COC(=O)[C@@]12OC[C@]34C([C@@H](O)[C@@H]1O)[C@@]1(C)CC(=O)C(OC(=O)C[C@@H](N)C(C)C)=C(C)[C@@H]1C[C@H]3OC(=O)[C@H](OCC(C=O)=C(C)C)[C@@H]24. The number of hydrogen-bond acceptors (Lipinski definition) is 13. The van der Waals surface area contributed by atoms with Crippen molar-refractivity contribution in [3.63, 3.8) is 0 Å². The molecule has 0 radical (unpaired) electrons. The van der Waals surface area contributed by atoms with E-state index >= 15 is 0 Å². The van der Waals surface area contributed by atoms with E-state index in [4.69, 9.17) is 29.4 Å². The number of fused-ring (bicyclic) bond motifs is 2. The van der Waals surface area contributed by atoms with E-state index < -0.39 is 88.3 Å². The summed E-state index contributed by atoms with van der Waals surface area (Å²) in [5.41, 5.74) is 2.92. The predicted octanol–water partition coefficient (Wildman–Crippen LogP) is 0.918. The lowest BCUT2D eigenvalue weighted by atomic mass is 9.38. The highest BCUT2D eigenvalue weighted by Crippen LogP contribution is 2.72. The van der Waals surface area contributed by atoms with Crippen LogP contribution in [0.5, 0.6) is 0 Å². The number of ether oxygens (including phenoxy) is 5. The lowest BCUT2D eigenvalue weighted by Gasteiger charge is -2.67. The Morgan fingerprint density at radius 3 is 2.43 bits per heavy atom. The van der Waals surface area contributed by atoms with Gasteiger partial charge in [-0.1, -0.05) is 26.3 Å². The average Bonchev–Trinajstić information content (AvgIpc) is 3.29. The minimum Gasteiger partial charge on any atom is -0.467 e. The van der Waals surface area contributed by atoms with Crippen LogP contribution < -0.4 is 5.73 Å². The fourth-order valence-electron chi connectivity index (χ4n) is 9.09. The quantitative estimate of drug-likeness (QED) is 0.138. The first-order valence-electron chi connectivity index (χ1n) is 15.7. The van der Waals surface area contributed by atoms with Gasteiger partial charge in [0.05, 0.1) is 38.8 Å². The maximum atomic E-state index is 13.8. The second-order valence-corrected chi connectivity index (χ2v) is 14.4. The first-order valence-corrected chi connectivity index (χ1v) is 15.7. The number of allylic oxidation sites excluding steroid dienone is 3. The number of aldehydes is 1. The summed E-state index contributed by atoms with van der Waals surface area (Å²) < 4.78 is 29.0. The Morgan fingerprint density at radius 2 is 1.85 bits per heavy atom. The van der Waals surface area contributed by atoms with E-state index in [0.717, 1.165) is 7.11 Å². The van der Waals surface area contributed by atoms with Crippen LogP contribution >= 0.6 is 0 Å². The Kier molecular flexibility index (Phi) is 8.91. The normalized spacial score (nSPS) is 40.0. The van der Waals surface area contributed by atoms with Crippen molar-refractivity contribution in [3.05, 3.63) is 22.5 Å². The zero-order valence-electron chi connectivity index (χ0n) is 27.4. The summed E-state index contributed by atoms with van der Waals surface area (Å²) in [5.74, 6) is -5.66. The van der Waals surface area contributed by atoms with E-state index in [1.54, 1.807) is 20.8 Å². The average molecular weight is 648 g/mol. The minimum atomic E-state index is -2.19. The standard InChI is InChI=1S/C33H45NO12/c1-14(2)17(11-35)12-43-25-27-32-13-44-33(27,30(41)42-7)28(39)23(38)26(32)31(6)10-20(36)24(46-22(37)9-19(34)15(3)4)16(5)18(31)8-21(32)45-29(25)40/h11,15,18-19,21,23,25-28,38-39H,8-10,12-13,34H2,1-7H3/t18-,19+,21+,23+,25+,26?,27+,28-,31-,32+,33-/m0/s1. The van der Waals surface area contributed by atoms with E-state index in [1.807, 2.05) is 20.8 Å². The molecule has 2 bridgehead atoms. The van der Waals surface area contributed by atoms with Gasteiger partial charge in [0.1, 0.15) is 18.5 Å². The van der Waals surface area contributed by atoms with Gasteiger partial charge in [-0.25, -0.2) is 9.59 Å². The Balaban J connectivity index is 1.61. The fraction of sp³-hybridized carbons (Fsp3) is 0.727. The van der Waals surface area contributed by atoms with Crippen LogP contribution in [-0.2, 0) is 47.7 Å². The first-order chi connectivity index (χ1) is 21.5. The third kappa shape index (κ3) is 4.72. The molecule has 0 aromatic carbocycles. The van der Waals surface area contributed by atoms with Gasteiger partial charge < -0.3 is 39.6 Å². The van der Waals surface area contributed by atoms with Crippen molar-refractivity contribution in [1.29, 1.82) is 0 Å². The van der Waals surface area contributed by atoms with E-state index in [0.29, 0.717) is 17.4 Å². The van der Waals surface area contributed by atoms with Crippen molar-refractivity contribution in [1.82, 2.24) is 0 Å². The van der Waals surface area contributed by atoms with Crippen LogP contribution in [0.15, 0.2) is 22.5 Å².